The van der Waals surface area contributed by atoms with Gasteiger partial charge in [-0.3, -0.25) is 0 Å². The highest BCUT2D eigenvalue weighted by atomic mass is 16.5. The van der Waals surface area contributed by atoms with Gasteiger partial charge in [-0.1, -0.05) is 64.4 Å². The molecular formula is C35H46O6. The fourth-order valence-corrected chi connectivity index (χ4v) is 6.42. The Labute approximate surface area is 245 Å². The zero-order chi connectivity index (χ0) is 30.2. The molecule has 2 saturated carbocycles. The van der Waals surface area contributed by atoms with Gasteiger partial charge in [-0.15, -0.1) is 0 Å². The molecule has 41 heavy (non-hydrogen) atoms. The van der Waals surface area contributed by atoms with E-state index >= 15 is 0 Å². The van der Waals surface area contributed by atoms with Crippen molar-refractivity contribution in [2.75, 3.05) is 0 Å². The molecule has 222 valence electrons. The van der Waals surface area contributed by atoms with Crippen LogP contribution in [0.2, 0.25) is 0 Å². The van der Waals surface area contributed by atoms with Crippen molar-refractivity contribution in [3.05, 3.63) is 70.8 Å². The molecule has 0 heterocycles. The molecule has 0 aromatic heterocycles. The van der Waals surface area contributed by atoms with E-state index in [4.69, 9.17) is 19.1 Å². The fourth-order valence-electron chi connectivity index (χ4n) is 6.42. The number of aryl methyl sites for hydroxylation is 1. The standard InChI is InChI=1S/C34H46O4.CO2/c1-23-7-9-24(10-8-23)31(35)37-29-19-15-27(16-20-29)34(5,6)28-17-21-30(22-18-28)38-32(36)25-11-13-26(14-12-25)33(2,3)4;2-1-3/h7-14,27-30H,15-22H2,1-6H3;. The van der Waals surface area contributed by atoms with Crippen molar-refractivity contribution in [1.82, 2.24) is 0 Å². The van der Waals surface area contributed by atoms with Gasteiger partial charge in [-0.2, -0.15) is 9.59 Å². The molecule has 6 nitrogen and oxygen atoms in total. The summed E-state index contributed by atoms with van der Waals surface area (Å²) in [5.41, 5.74) is 3.93. The third kappa shape index (κ3) is 8.87. The van der Waals surface area contributed by atoms with Crippen LogP contribution in [-0.2, 0) is 24.5 Å². The maximum Gasteiger partial charge on any atom is 0.373 e. The summed E-state index contributed by atoms with van der Waals surface area (Å²) >= 11 is 0. The van der Waals surface area contributed by atoms with Gasteiger partial charge in [-0.25, -0.2) is 9.59 Å². The molecule has 2 fully saturated rings. The van der Waals surface area contributed by atoms with Crippen LogP contribution in [0.3, 0.4) is 0 Å². The number of ether oxygens (including phenoxy) is 2. The number of benzene rings is 2. The summed E-state index contributed by atoms with van der Waals surface area (Å²) in [6.45, 7) is 13.4. The SMILES string of the molecule is Cc1ccc(C(=O)OC2CCC(C(C)(C)C3CCC(OC(=O)c4ccc(C(C)(C)C)cc4)CC3)CC2)cc1.O=C=O. The van der Waals surface area contributed by atoms with Crippen molar-refractivity contribution in [2.45, 2.75) is 111 Å². The van der Waals surface area contributed by atoms with Crippen molar-refractivity contribution in [1.29, 1.82) is 0 Å². The maximum atomic E-state index is 12.8. The van der Waals surface area contributed by atoms with E-state index in [2.05, 4.69) is 34.6 Å². The molecule has 0 spiro atoms. The average Bonchev–Trinajstić information content (AvgIpc) is 2.94. The Hall–Kier alpha value is -3.24. The van der Waals surface area contributed by atoms with Crippen molar-refractivity contribution in [2.24, 2.45) is 17.3 Å². The van der Waals surface area contributed by atoms with E-state index in [1.165, 1.54) is 5.56 Å². The minimum absolute atomic E-state index is 0.00812. The summed E-state index contributed by atoms with van der Waals surface area (Å²) in [5.74, 6) is 0.847. The van der Waals surface area contributed by atoms with Crippen LogP contribution in [-0.4, -0.2) is 30.3 Å². The summed E-state index contributed by atoms with van der Waals surface area (Å²) in [6.07, 6.45) is 8.40. The highest BCUT2D eigenvalue weighted by molar-refractivity contribution is 5.90. The molecule has 2 aliphatic rings. The van der Waals surface area contributed by atoms with Crippen LogP contribution in [0.5, 0.6) is 0 Å². The summed E-state index contributed by atoms with van der Waals surface area (Å²) in [7, 11) is 0. The van der Waals surface area contributed by atoms with Crippen LogP contribution in [0.15, 0.2) is 48.5 Å². The number of carbonyl (C=O) groups excluding carboxylic acids is 4. The van der Waals surface area contributed by atoms with Crippen LogP contribution >= 0.6 is 0 Å². The Balaban J connectivity index is 0.00000147. The molecule has 0 N–H and O–H groups in total. The molecule has 6 heteroatoms. The predicted octanol–water partition coefficient (Wildman–Crippen LogP) is 7.87. The highest BCUT2D eigenvalue weighted by Crippen LogP contribution is 2.49. The van der Waals surface area contributed by atoms with Crippen molar-refractivity contribution >= 4 is 18.1 Å². The second-order valence-corrected chi connectivity index (χ2v) is 13.4. The Kier molecular flexibility index (Phi) is 11.1. The van der Waals surface area contributed by atoms with Crippen LogP contribution in [0.4, 0.5) is 0 Å². The molecule has 0 aliphatic heterocycles. The van der Waals surface area contributed by atoms with Gasteiger partial charge in [-0.05, 0) is 111 Å². The Bertz CT molecular complexity index is 1170. The molecular weight excluding hydrogens is 516 g/mol. The molecule has 0 radical (unpaired) electrons. The summed E-state index contributed by atoms with van der Waals surface area (Å²) < 4.78 is 11.8. The zero-order valence-corrected chi connectivity index (χ0v) is 25.5. The predicted molar refractivity (Wildman–Crippen MR) is 157 cm³/mol. The number of hydrogen-bond donors (Lipinski definition) is 0. The maximum absolute atomic E-state index is 12.8. The van der Waals surface area contributed by atoms with Gasteiger partial charge in [0.1, 0.15) is 12.2 Å². The topological polar surface area (TPSA) is 86.7 Å². The lowest BCUT2D eigenvalue weighted by Crippen LogP contribution is -2.39. The molecule has 0 atom stereocenters. The van der Waals surface area contributed by atoms with Crippen molar-refractivity contribution < 1.29 is 28.7 Å². The van der Waals surface area contributed by atoms with E-state index in [-0.39, 0.29) is 41.1 Å². The Morgan fingerprint density at radius 1 is 0.634 bits per heavy atom. The minimum Gasteiger partial charge on any atom is -0.459 e. The smallest absolute Gasteiger partial charge is 0.373 e. The first-order valence-corrected chi connectivity index (χ1v) is 14.9. The number of rotatable bonds is 6. The van der Waals surface area contributed by atoms with Crippen molar-refractivity contribution in [3.63, 3.8) is 0 Å². The van der Waals surface area contributed by atoms with E-state index in [1.54, 1.807) is 0 Å². The molecule has 0 amide bonds. The zero-order valence-electron chi connectivity index (χ0n) is 25.5. The normalized spacial score (nSPS) is 22.9. The van der Waals surface area contributed by atoms with Gasteiger partial charge >= 0.3 is 18.1 Å². The van der Waals surface area contributed by atoms with E-state index in [9.17, 15) is 9.59 Å². The lowest BCUT2D eigenvalue weighted by atomic mass is 9.60. The Morgan fingerprint density at radius 2 is 0.976 bits per heavy atom. The molecule has 2 aromatic rings. The third-order valence-corrected chi connectivity index (χ3v) is 9.27. The lowest BCUT2D eigenvalue weighted by Gasteiger charge is -2.46. The van der Waals surface area contributed by atoms with Gasteiger partial charge in [0, 0.05) is 0 Å². The van der Waals surface area contributed by atoms with Gasteiger partial charge < -0.3 is 9.47 Å². The van der Waals surface area contributed by atoms with Gasteiger partial charge in [0.2, 0.25) is 0 Å². The molecule has 4 rings (SSSR count). The first-order valence-electron chi connectivity index (χ1n) is 14.9. The number of carbonyl (C=O) groups is 2. The van der Waals surface area contributed by atoms with E-state index in [1.807, 2.05) is 55.5 Å². The molecule has 0 unspecified atom stereocenters. The van der Waals surface area contributed by atoms with Gasteiger partial charge in [0.05, 0.1) is 11.1 Å². The van der Waals surface area contributed by atoms with Gasteiger partial charge in [0.15, 0.2) is 0 Å². The molecule has 2 aliphatic carbocycles. The summed E-state index contributed by atoms with van der Waals surface area (Å²) in [5, 5.41) is 0. The molecule has 0 bridgehead atoms. The number of esters is 2. The van der Waals surface area contributed by atoms with Crippen LogP contribution in [0.25, 0.3) is 0 Å². The van der Waals surface area contributed by atoms with E-state index in [0.717, 1.165) is 56.9 Å². The first kappa shape index (κ1) is 32.3. The number of hydrogen-bond acceptors (Lipinski definition) is 6. The fraction of sp³-hybridized carbons (Fsp3) is 0.571. The van der Waals surface area contributed by atoms with Crippen LogP contribution in [0, 0.1) is 24.2 Å². The van der Waals surface area contributed by atoms with Crippen LogP contribution in [0.1, 0.15) is 118 Å². The first-order chi connectivity index (χ1) is 19.3. The monoisotopic (exact) mass is 562 g/mol. The lowest BCUT2D eigenvalue weighted by molar-refractivity contribution is -0.191. The minimum atomic E-state index is -0.203. The van der Waals surface area contributed by atoms with Crippen molar-refractivity contribution in [3.8, 4) is 0 Å². The highest BCUT2D eigenvalue weighted by Gasteiger charge is 2.41. The second-order valence-electron chi connectivity index (χ2n) is 13.4. The second kappa shape index (κ2) is 14.1. The van der Waals surface area contributed by atoms with E-state index in [0.29, 0.717) is 23.0 Å². The van der Waals surface area contributed by atoms with Crippen LogP contribution < -0.4 is 0 Å². The summed E-state index contributed by atoms with van der Waals surface area (Å²) in [4.78, 5) is 41.5. The van der Waals surface area contributed by atoms with E-state index < -0.39 is 0 Å². The van der Waals surface area contributed by atoms with Gasteiger partial charge in [0.25, 0.3) is 0 Å². The molecule has 0 saturated heterocycles. The largest absolute Gasteiger partial charge is 0.459 e. The average molecular weight is 563 g/mol. The summed E-state index contributed by atoms with van der Waals surface area (Å²) in [6, 6.07) is 15.5. The quantitative estimate of drug-likeness (QED) is 0.333. The molecule has 2 aromatic carbocycles. The third-order valence-electron chi connectivity index (χ3n) is 9.27. The Morgan fingerprint density at radius 3 is 1.32 bits per heavy atom.